The Morgan fingerprint density at radius 3 is 2.22 bits per heavy atom. The minimum absolute atomic E-state index is 0. The Balaban J connectivity index is 0.00000131. The van der Waals surface area contributed by atoms with Gasteiger partial charge in [-0.05, 0) is 62.0 Å². The van der Waals surface area contributed by atoms with Gasteiger partial charge in [-0.25, -0.2) is 0 Å². The molecule has 2 fully saturated rings. The number of amides is 1. The molecule has 1 aromatic heterocycles. The predicted molar refractivity (Wildman–Crippen MR) is 113 cm³/mol. The lowest BCUT2D eigenvalue weighted by Gasteiger charge is -2.14. The van der Waals surface area contributed by atoms with E-state index in [0.717, 1.165) is 47.7 Å². The van der Waals surface area contributed by atoms with Crippen molar-refractivity contribution in [2.75, 3.05) is 23.7 Å². The van der Waals surface area contributed by atoms with E-state index in [-0.39, 0.29) is 30.7 Å². The van der Waals surface area contributed by atoms with Gasteiger partial charge in [0.1, 0.15) is 5.82 Å². The van der Waals surface area contributed by atoms with Crippen molar-refractivity contribution in [3.05, 3.63) is 36.4 Å². The first-order valence-electron chi connectivity index (χ1n) is 8.86. The van der Waals surface area contributed by atoms with E-state index >= 15 is 0 Å². The topological polar surface area (TPSA) is 78.9 Å². The maximum atomic E-state index is 11.1. The van der Waals surface area contributed by atoms with E-state index in [1.807, 2.05) is 36.4 Å². The summed E-state index contributed by atoms with van der Waals surface area (Å²) in [6.45, 7) is 3.81. The second-order valence-corrected chi connectivity index (χ2v) is 7.05. The van der Waals surface area contributed by atoms with Crippen molar-refractivity contribution in [1.29, 1.82) is 0 Å². The summed E-state index contributed by atoms with van der Waals surface area (Å²) in [6.07, 6.45) is 2.43. The van der Waals surface area contributed by atoms with Crippen molar-refractivity contribution in [2.24, 2.45) is 11.8 Å². The zero-order valence-corrected chi connectivity index (χ0v) is 16.8. The number of anilines is 2. The second kappa shape index (κ2) is 9.35. The van der Waals surface area contributed by atoms with Crippen molar-refractivity contribution in [3.8, 4) is 11.3 Å². The minimum Gasteiger partial charge on any atom is -0.366 e. The van der Waals surface area contributed by atoms with E-state index < -0.39 is 0 Å². The number of aromatic nitrogens is 2. The summed E-state index contributed by atoms with van der Waals surface area (Å²) in [7, 11) is 0. The Hall–Kier alpha value is -1.89. The first-order valence-corrected chi connectivity index (χ1v) is 8.86. The average Bonchev–Trinajstić information content (AvgIpc) is 3.17. The maximum absolute atomic E-state index is 11.1. The van der Waals surface area contributed by atoms with Crippen LogP contribution >= 0.6 is 24.8 Å². The molecule has 4 rings (SSSR count). The van der Waals surface area contributed by atoms with Crippen LogP contribution in [-0.4, -0.2) is 35.2 Å². The van der Waals surface area contributed by atoms with E-state index in [1.165, 1.54) is 19.8 Å². The number of rotatable bonds is 4. The van der Waals surface area contributed by atoms with Gasteiger partial charge in [-0.1, -0.05) is 12.1 Å². The van der Waals surface area contributed by atoms with Crippen LogP contribution in [0.2, 0.25) is 0 Å². The third kappa shape index (κ3) is 5.09. The fourth-order valence-electron chi connectivity index (χ4n) is 3.98. The van der Waals surface area contributed by atoms with Crippen molar-refractivity contribution in [1.82, 2.24) is 15.5 Å². The lowest BCUT2D eigenvalue weighted by Crippen LogP contribution is -2.21. The normalized spacial score (nSPS) is 22.9. The molecule has 1 saturated heterocycles. The molecule has 0 unspecified atom stereocenters. The third-order valence-corrected chi connectivity index (χ3v) is 5.17. The highest BCUT2D eigenvalue weighted by Gasteiger charge is 2.37. The first-order chi connectivity index (χ1) is 12.2. The number of fused-ring (bicyclic) bond motifs is 1. The predicted octanol–water partition coefficient (Wildman–Crippen LogP) is 3.36. The summed E-state index contributed by atoms with van der Waals surface area (Å²) in [5, 5.41) is 18.4. The molecule has 3 N–H and O–H groups in total. The molecular weight excluding hydrogens is 385 g/mol. The standard InChI is InChI=1S/C19H23N5O.2ClH/c1-12(25)21-16-4-2-13(3-5-16)18-6-7-19(24-23-18)22-17-8-14-10-20-11-15(14)9-17;;/h2-7,14-15,17,20H,8-11H2,1H3,(H,21,25)(H,22,24);2*1H/t14-,15+,17-;;. The molecule has 3 atom stereocenters. The van der Waals surface area contributed by atoms with Crippen LogP contribution in [-0.2, 0) is 4.79 Å². The van der Waals surface area contributed by atoms with Crippen LogP contribution in [0.5, 0.6) is 0 Å². The average molecular weight is 410 g/mol. The molecule has 27 heavy (non-hydrogen) atoms. The Morgan fingerprint density at radius 1 is 1.00 bits per heavy atom. The molecule has 1 saturated carbocycles. The van der Waals surface area contributed by atoms with Gasteiger partial charge in [-0.3, -0.25) is 4.79 Å². The molecule has 1 amide bonds. The lowest BCUT2D eigenvalue weighted by atomic mass is 10.0. The van der Waals surface area contributed by atoms with Gasteiger partial charge in [0.25, 0.3) is 0 Å². The van der Waals surface area contributed by atoms with Crippen LogP contribution in [0, 0.1) is 11.8 Å². The van der Waals surface area contributed by atoms with Gasteiger partial charge < -0.3 is 16.0 Å². The fourth-order valence-corrected chi connectivity index (χ4v) is 3.98. The van der Waals surface area contributed by atoms with Crippen LogP contribution < -0.4 is 16.0 Å². The van der Waals surface area contributed by atoms with E-state index in [4.69, 9.17) is 0 Å². The third-order valence-electron chi connectivity index (χ3n) is 5.17. The Kier molecular flexibility index (Phi) is 7.41. The zero-order valence-electron chi connectivity index (χ0n) is 15.1. The smallest absolute Gasteiger partial charge is 0.221 e. The van der Waals surface area contributed by atoms with Crippen LogP contribution in [0.15, 0.2) is 36.4 Å². The molecule has 8 heteroatoms. The molecule has 2 aromatic rings. The molecule has 146 valence electrons. The largest absolute Gasteiger partial charge is 0.366 e. The van der Waals surface area contributed by atoms with Crippen LogP contribution in [0.4, 0.5) is 11.5 Å². The number of carbonyl (C=O) groups is 1. The molecule has 2 heterocycles. The number of halogens is 2. The highest BCUT2D eigenvalue weighted by molar-refractivity contribution is 5.88. The van der Waals surface area contributed by atoms with Crippen LogP contribution in [0.1, 0.15) is 19.8 Å². The maximum Gasteiger partial charge on any atom is 0.221 e. The highest BCUT2D eigenvalue weighted by Crippen LogP contribution is 2.35. The number of nitrogens with one attached hydrogen (secondary N) is 3. The van der Waals surface area contributed by atoms with E-state index in [9.17, 15) is 4.79 Å². The zero-order chi connectivity index (χ0) is 17.2. The summed E-state index contributed by atoms with van der Waals surface area (Å²) >= 11 is 0. The van der Waals surface area contributed by atoms with Gasteiger partial charge in [-0.2, -0.15) is 0 Å². The molecule has 2 aliphatic rings. The SMILES string of the molecule is CC(=O)Nc1ccc(-c2ccc(N[C@H]3C[C@H]4CNC[C@H]4C3)nn2)cc1.Cl.Cl. The number of nitrogens with zero attached hydrogens (tertiary/aromatic N) is 2. The molecule has 0 spiro atoms. The number of benzene rings is 1. The lowest BCUT2D eigenvalue weighted by molar-refractivity contribution is -0.114. The monoisotopic (exact) mass is 409 g/mol. The molecule has 0 radical (unpaired) electrons. The Morgan fingerprint density at radius 2 is 1.67 bits per heavy atom. The van der Waals surface area contributed by atoms with Crippen molar-refractivity contribution < 1.29 is 4.79 Å². The van der Waals surface area contributed by atoms with Gasteiger partial charge in [0.15, 0.2) is 0 Å². The summed E-state index contributed by atoms with van der Waals surface area (Å²) in [4.78, 5) is 11.1. The molecular formula is C19H25Cl2N5O. The van der Waals surface area contributed by atoms with Crippen LogP contribution in [0.3, 0.4) is 0 Å². The summed E-state index contributed by atoms with van der Waals surface area (Å²) in [6, 6.07) is 12.1. The summed E-state index contributed by atoms with van der Waals surface area (Å²) in [5.74, 6) is 2.39. The molecule has 0 bridgehead atoms. The minimum atomic E-state index is -0.0743. The molecule has 1 aliphatic heterocycles. The van der Waals surface area contributed by atoms with E-state index in [0.29, 0.717) is 6.04 Å². The quantitative estimate of drug-likeness (QED) is 0.721. The second-order valence-electron chi connectivity index (χ2n) is 7.05. The number of hydrogen-bond donors (Lipinski definition) is 3. The highest BCUT2D eigenvalue weighted by atomic mass is 35.5. The van der Waals surface area contributed by atoms with Gasteiger partial charge >= 0.3 is 0 Å². The first kappa shape index (κ1) is 21.4. The molecule has 6 nitrogen and oxygen atoms in total. The Labute approximate surface area is 171 Å². The summed E-state index contributed by atoms with van der Waals surface area (Å²) in [5.41, 5.74) is 2.59. The Bertz CT molecular complexity index is 742. The summed E-state index contributed by atoms with van der Waals surface area (Å²) < 4.78 is 0. The van der Waals surface area contributed by atoms with E-state index in [2.05, 4.69) is 26.1 Å². The van der Waals surface area contributed by atoms with Gasteiger partial charge in [-0.15, -0.1) is 35.0 Å². The number of hydrogen-bond acceptors (Lipinski definition) is 5. The van der Waals surface area contributed by atoms with Gasteiger partial charge in [0, 0.05) is 24.2 Å². The fraction of sp³-hybridized carbons (Fsp3) is 0.421. The van der Waals surface area contributed by atoms with Crippen LogP contribution in [0.25, 0.3) is 11.3 Å². The molecule has 1 aromatic carbocycles. The van der Waals surface area contributed by atoms with Gasteiger partial charge in [0.2, 0.25) is 5.91 Å². The van der Waals surface area contributed by atoms with Gasteiger partial charge in [0.05, 0.1) is 5.69 Å². The number of carbonyl (C=O) groups excluding carboxylic acids is 1. The van der Waals surface area contributed by atoms with Crippen molar-refractivity contribution >= 4 is 42.2 Å². The van der Waals surface area contributed by atoms with Crippen molar-refractivity contribution in [2.45, 2.75) is 25.8 Å². The molecule has 1 aliphatic carbocycles. The van der Waals surface area contributed by atoms with E-state index in [1.54, 1.807) is 0 Å². The van der Waals surface area contributed by atoms with Crippen molar-refractivity contribution in [3.63, 3.8) is 0 Å².